The molecule has 0 bridgehead atoms. The zero-order valence-electron chi connectivity index (χ0n) is 7.12. The first-order valence-electron chi connectivity index (χ1n) is 3.75. The minimum Gasteiger partial charge on any atom is -0.402 e. The van der Waals surface area contributed by atoms with Crippen molar-refractivity contribution in [2.45, 2.75) is 6.92 Å². The summed E-state index contributed by atoms with van der Waals surface area (Å²) < 4.78 is 0. The molecule has 1 aromatic rings. The van der Waals surface area contributed by atoms with Crippen LogP contribution >= 0.6 is 0 Å². The summed E-state index contributed by atoms with van der Waals surface area (Å²) in [6.45, 7) is 5.52. The Morgan fingerprint density at radius 1 is 1.67 bits per heavy atom. The van der Waals surface area contributed by atoms with Crippen molar-refractivity contribution in [3.63, 3.8) is 0 Å². The molecule has 12 heavy (non-hydrogen) atoms. The molecule has 0 aliphatic carbocycles. The van der Waals surface area contributed by atoms with E-state index in [2.05, 4.69) is 11.6 Å². The normalized spacial score (nSPS) is 11.2. The van der Waals surface area contributed by atoms with E-state index in [4.69, 9.17) is 5.73 Å². The second kappa shape index (κ2) is 3.72. The molecule has 0 saturated heterocycles. The summed E-state index contributed by atoms with van der Waals surface area (Å²) in [7, 11) is 0. The quantitative estimate of drug-likeness (QED) is 0.719. The fourth-order valence-corrected chi connectivity index (χ4v) is 0.939. The van der Waals surface area contributed by atoms with Crippen LogP contribution in [0, 0.1) is 0 Å². The van der Waals surface area contributed by atoms with E-state index in [0.29, 0.717) is 0 Å². The van der Waals surface area contributed by atoms with Crippen LogP contribution in [-0.4, -0.2) is 4.98 Å². The highest BCUT2D eigenvalue weighted by atomic mass is 14.7. The zero-order valence-corrected chi connectivity index (χ0v) is 7.12. The lowest BCUT2D eigenvalue weighted by Gasteiger charge is -1.98. The number of rotatable bonds is 2. The predicted molar refractivity (Wildman–Crippen MR) is 52.2 cm³/mol. The van der Waals surface area contributed by atoms with Gasteiger partial charge in [-0.1, -0.05) is 18.7 Å². The van der Waals surface area contributed by atoms with Gasteiger partial charge in [0.25, 0.3) is 0 Å². The van der Waals surface area contributed by atoms with Gasteiger partial charge in [-0.05, 0) is 24.6 Å². The molecule has 2 heteroatoms. The van der Waals surface area contributed by atoms with Crippen molar-refractivity contribution >= 4 is 12.2 Å². The van der Waals surface area contributed by atoms with Crippen molar-refractivity contribution < 1.29 is 0 Å². The topological polar surface area (TPSA) is 38.9 Å². The minimum atomic E-state index is 0.747. The van der Waals surface area contributed by atoms with Crippen molar-refractivity contribution in [2.75, 3.05) is 0 Å². The summed E-state index contributed by atoms with van der Waals surface area (Å²) in [6.07, 6.45) is 5.33. The van der Waals surface area contributed by atoms with Gasteiger partial charge in [-0.2, -0.15) is 0 Å². The molecule has 1 rings (SSSR count). The molecular weight excluding hydrogens is 148 g/mol. The van der Waals surface area contributed by atoms with Gasteiger partial charge in [-0.25, -0.2) is 0 Å². The van der Waals surface area contributed by atoms with Crippen LogP contribution in [0.25, 0.3) is 12.2 Å². The molecule has 2 N–H and O–H groups in total. The van der Waals surface area contributed by atoms with Crippen molar-refractivity contribution in [3.8, 4) is 0 Å². The van der Waals surface area contributed by atoms with Gasteiger partial charge in [-0.15, -0.1) is 0 Å². The molecule has 0 amide bonds. The van der Waals surface area contributed by atoms with Gasteiger partial charge in [-0.3, -0.25) is 4.98 Å². The predicted octanol–water partition coefficient (Wildman–Crippen LogP) is 2.04. The second-order valence-corrected chi connectivity index (χ2v) is 2.57. The largest absolute Gasteiger partial charge is 0.402 e. The van der Waals surface area contributed by atoms with Crippen LogP contribution in [0.2, 0.25) is 0 Å². The van der Waals surface area contributed by atoms with E-state index in [-0.39, 0.29) is 0 Å². The van der Waals surface area contributed by atoms with Crippen molar-refractivity contribution in [3.05, 3.63) is 41.9 Å². The maximum absolute atomic E-state index is 5.53. The Kier molecular flexibility index (Phi) is 2.64. The van der Waals surface area contributed by atoms with Crippen LogP contribution < -0.4 is 5.73 Å². The van der Waals surface area contributed by atoms with E-state index in [1.165, 1.54) is 0 Å². The first-order valence-corrected chi connectivity index (χ1v) is 3.75. The molecule has 2 nitrogen and oxygen atoms in total. The monoisotopic (exact) mass is 160 g/mol. The smallest absolute Gasteiger partial charge is 0.0718 e. The van der Waals surface area contributed by atoms with Crippen LogP contribution in [-0.2, 0) is 0 Å². The SMILES string of the molecule is C=Cc1cccnc1/C=C(\C)N. The number of hydrogen-bond donors (Lipinski definition) is 1. The molecular formula is C10H12N2. The van der Waals surface area contributed by atoms with Crippen LogP contribution in [0.15, 0.2) is 30.6 Å². The maximum atomic E-state index is 5.53. The van der Waals surface area contributed by atoms with Gasteiger partial charge in [0.05, 0.1) is 5.69 Å². The Bertz CT molecular complexity index is 309. The third-order valence-corrected chi connectivity index (χ3v) is 1.46. The second-order valence-electron chi connectivity index (χ2n) is 2.57. The van der Waals surface area contributed by atoms with Crippen molar-refractivity contribution in [1.82, 2.24) is 4.98 Å². The van der Waals surface area contributed by atoms with E-state index in [0.717, 1.165) is 17.0 Å². The van der Waals surface area contributed by atoms with Gasteiger partial charge < -0.3 is 5.73 Å². The first kappa shape index (κ1) is 8.53. The van der Waals surface area contributed by atoms with Gasteiger partial charge in [0.1, 0.15) is 0 Å². The third-order valence-electron chi connectivity index (χ3n) is 1.46. The molecule has 1 aromatic heterocycles. The fraction of sp³-hybridized carbons (Fsp3) is 0.100. The molecule has 0 radical (unpaired) electrons. The van der Waals surface area contributed by atoms with Gasteiger partial charge in [0, 0.05) is 11.9 Å². The Morgan fingerprint density at radius 2 is 2.42 bits per heavy atom. The number of aromatic nitrogens is 1. The summed E-state index contributed by atoms with van der Waals surface area (Å²) in [5, 5.41) is 0. The summed E-state index contributed by atoms with van der Waals surface area (Å²) in [5.74, 6) is 0. The van der Waals surface area contributed by atoms with Crippen molar-refractivity contribution in [1.29, 1.82) is 0 Å². The number of nitrogens with two attached hydrogens (primary N) is 1. The summed E-state index contributed by atoms with van der Waals surface area (Å²) in [6, 6.07) is 3.83. The Balaban J connectivity index is 3.14. The molecule has 0 fully saturated rings. The molecule has 0 aliphatic heterocycles. The molecule has 0 aliphatic rings. The maximum Gasteiger partial charge on any atom is 0.0718 e. The highest BCUT2D eigenvalue weighted by molar-refractivity contribution is 5.61. The molecule has 62 valence electrons. The van der Waals surface area contributed by atoms with E-state index in [9.17, 15) is 0 Å². The summed E-state index contributed by atoms with van der Waals surface area (Å²) in [5.41, 5.74) is 8.15. The average molecular weight is 160 g/mol. The number of allylic oxidation sites excluding steroid dienone is 1. The summed E-state index contributed by atoms with van der Waals surface area (Å²) in [4.78, 5) is 4.16. The lowest BCUT2D eigenvalue weighted by molar-refractivity contribution is 1.26. The van der Waals surface area contributed by atoms with Crippen LogP contribution in [0.1, 0.15) is 18.2 Å². The van der Waals surface area contributed by atoms with Gasteiger partial charge in [0.15, 0.2) is 0 Å². The zero-order chi connectivity index (χ0) is 8.97. The van der Waals surface area contributed by atoms with Gasteiger partial charge in [0.2, 0.25) is 0 Å². The number of hydrogen-bond acceptors (Lipinski definition) is 2. The highest BCUT2D eigenvalue weighted by Crippen LogP contribution is 2.09. The fourth-order valence-electron chi connectivity index (χ4n) is 0.939. The lowest BCUT2D eigenvalue weighted by Crippen LogP contribution is -1.92. The Hall–Kier alpha value is -1.57. The van der Waals surface area contributed by atoms with Crippen molar-refractivity contribution in [2.24, 2.45) is 5.73 Å². The van der Waals surface area contributed by atoms with Crippen LogP contribution in [0.5, 0.6) is 0 Å². The van der Waals surface area contributed by atoms with Crippen LogP contribution in [0.3, 0.4) is 0 Å². The van der Waals surface area contributed by atoms with E-state index >= 15 is 0 Å². The molecule has 0 saturated carbocycles. The Labute approximate surface area is 72.4 Å². The highest BCUT2D eigenvalue weighted by Gasteiger charge is 1.94. The van der Waals surface area contributed by atoms with Crippen LogP contribution in [0.4, 0.5) is 0 Å². The molecule has 0 aromatic carbocycles. The lowest BCUT2D eigenvalue weighted by atomic mass is 10.2. The van der Waals surface area contributed by atoms with E-state index in [1.54, 1.807) is 12.3 Å². The number of nitrogens with zero attached hydrogens (tertiary/aromatic N) is 1. The first-order chi connectivity index (χ1) is 5.74. The van der Waals surface area contributed by atoms with Gasteiger partial charge >= 0.3 is 0 Å². The summed E-state index contributed by atoms with van der Waals surface area (Å²) >= 11 is 0. The third kappa shape index (κ3) is 1.95. The molecule has 0 unspecified atom stereocenters. The standard InChI is InChI=1S/C10H12N2/c1-3-9-5-4-6-12-10(9)7-8(2)11/h3-7H,1,11H2,2H3/b8-7+. The molecule has 1 heterocycles. The Morgan fingerprint density at radius 3 is 3.00 bits per heavy atom. The van der Waals surface area contributed by atoms with E-state index < -0.39 is 0 Å². The molecule has 0 atom stereocenters. The minimum absolute atomic E-state index is 0.747. The molecule has 0 spiro atoms. The number of pyridine rings is 1. The average Bonchev–Trinajstić information content (AvgIpc) is 2.04. The van der Waals surface area contributed by atoms with E-state index in [1.807, 2.05) is 25.1 Å².